The zero-order chi connectivity index (χ0) is 13.2. The van der Waals surface area contributed by atoms with Crippen LogP contribution >= 0.6 is 0 Å². The summed E-state index contributed by atoms with van der Waals surface area (Å²) in [6.07, 6.45) is 9.43. The van der Waals surface area contributed by atoms with Crippen LogP contribution in [0, 0.1) is 12.0 Å². The van der Waals surface area contributed by atoms with Gasteiger partial charge in [0, 0.05) is 0 Å². The summed E-state index contributed by atoms with van der Waals surface area (Å²) in [7, 11) is 0. The summed E-state index contributed by atoms with van der Waals surface area (Å²) in [6.45, 7) is 6.98. The summed E-state index contributed by atoms with van der Waals surface area (Å²) in [4.78, 5) is 0. The van der Waals surface area contributed by atoms with Crippen LogP contribution in [-0.2, 0) is 0 Å². The van der Waals surface area contributed by atoms with E-state index in [1.165, 1.54) is 50.5 Å². The monoisotopic (exact) mass is 245 g/mol. The summed E-state index contributed by atoms with van der Waals surface area (Å²) >= 11 is 0. The fourth-order valence-electron chi connectivity index (χ4n) is 2.83. The lowest BCUT2D eigenvalue weighted by Crippen LogP contribution is -2.10. The molecular formula is C18H29. The van der Waals surface area contributed by atoms with Gasteiger partial charge >= 0.3 is 0 Å². The fourth-order valence-corrected chi connectivity index (χ4v) is 2.83. The Hall–Kier alpha value is -0.780. The predicted octanol–water partition coefficient (Wildman–Crippen LogP) is 5.98. The third-order valence-corrected chi connectivity index (χ3v) is 3.93. The van der Waals surface area contributed by atoms with E-state index in [9.17, 15) is 0 Å². The minimum absolute atomic E-state index is 0.711. The second-order valence-electron chi connectivity index (χ2n) is 5.54. The molecule has 2 unspecified atom stereocenters. The molecule has 2 atom stereocenters. The van der Waals surface area contributed by atoms with Crippen molar-refractivity contribution in [1.29, 1.82) is 0 Å². The molecule has 1 radical (unpaired) electrons. The van der Waals surface area contributed by atoms with Gasteiger partial charge in [0.1, 0.15) is 0 Å². The van der Waals surface area contributed by atoms with E-state index in [1.807, 2.05) is 0 Å². The lowest BCUT2D eigenvalue weighted by atomic mass is 9.81. The van der Waals surface area contributed by atoms with Crippen LogP contribution in [0.25, 0.3) is 0 Å². The van der Waals surface area contributed by atoms with Gasteiger partial charge in [-0.25, -0.2) is 0 Å². The van der Waals surface area contributed by atoms with E-state index in [0.29, 0.717) is 5.92 Å². The van der Waals surface area contributed by atoms with Crippen molar-refractivity contribution in [2.45, 2.75) is 71.6 Å². The Balaban J connectivity index is 2.58. The molecule has 18 heavy (non-hydrogen) atoms. The molecule has 0 aliphatic carbocycles. The first-order valence-corrected chi connectivity index (χ1v) is 7.76. The molecular weight excluding hydrogens is 216 g/mol. The van der Waals surface area contributed by atoms with Crippen molar-refractivity contribution in [3.05, 3.63) is 35.9 Å². The van der Waals surface area contributed by atoms with E-state index >= 15 is 0 Å². The van der Waals surface area contributed by atoms with Gasteiger partial charge in [-0.15, -0.1) is 0 Å². The molecule has 0 saturated heterocycles. The molecule has 0 saturated carbocycles. The van der Waals surface area contributed by atoms with Crippen LogP contribution in [0.5, 0.6) is 0 Å². The number of benzene rings is 1. The largest absolute Gasteiger partial charge is 0.0654 e. The van der Waals surface area contributed by atoms with Gasteiger partial charge in [-0.05, 0) is 29.9 Å². The highest BCUT2D eigenvalue weighted by atomic mass is 14.2. The SMILES string of the molecule is CCCCCCC(c1[c]cccc1)C(C)CCC. The smallest absolute Gasteiger partial charge is 0.0130 e. The van der Waals surface area contributed by atoms with E-state index in [-0.39, 0.29) is 0 Å². The number of hydrogen-bond acceptors (Lipinski definition) is 0. The van der Waals surface area contributed by atoms with Crippen molar-refractivity contribution in [1.82, 2.24) is 0 Å². The maximum atomic E-state index is 3.45. The molecule has 0 aliphatic heterocycles. The van der Waals surface area contributed by atoms with E-state index in [4.69, 9.17) is 0 Å². The predicted molar refractivity (Wildman–Crippen MR) is 80.9 cm³/mol. The molecule has 0 bridgehead atoms. The number of rotatable bonds is 9. The summed E-state index contributed by atoms with van der Waals surface area (Å²) < 4.78 is 0. The maximum absolute atomic E-state index is 3.45. The summed E-state index contributed by atoms with van der Waals surface area (Å²) in [5, 5.41) is 0. The molecule has 1 aromatic rings. The molecule has 0 nitrogen and oxygen atoms in total. The first kappa shape index (κ1) is 15.3. The van der Waals surface area contributed by atoms with Crippen LogP contribution in [0.15, 0.2) is 24.3 Å². The van der Waals surface area contributed by atoms with Crippen molar-refractivity contribution < 1.29 is 0 Å². The van der Waals surface area contributed by atoms with E-state index in [1.54, 1.807) is 0 Å². The Morgan fingerprint density at radius 3 is 2.44 bits per heavy atom. The van der Waals surface area contributed by atoms with Crippen molar-refractivity contribution in [2.24, 2.45) is 5.92 Å². The minimum Gasteiger partial charge on any atom is -0.0654 e. The van der Waals surface area contributed by atoms with Crippen molar-refractivity contribution >= 4 is 0 Å². The van der Waals surface area contributed by atoms with E-state index in [0.717, 1.165) is 5.92 Å². The summed E-state index contributed by atoms with van der Waals surface area (Å²) in [5.41, 5.74) is 1.43. The average Bonchev–Trinajstić information content (AvgIpc) is 2.40. The van der Waals surface area contributed by atoms with Gasteiger partial charge < -0.3 is 0 Å². The van der Waals surface area contributed by atoms with Crippen LogP contribution in [-0.4, -0.2) is 0 Å². The molecule has 0 heteroatoms. The Labute approximate surface area is 114 Å². The molecule has 0 fully saturated rings. The zero-order valence-electron chi connectivity index (χ0n) is 12.4. The number of hydrogen-bond donors (Lipinski definition) is 0. The molecule has 0 amide bonds. The fraction of sp³-hybridized carbons (Fsp3) is 0.667. The molecule has 0 spiro atoms. The first-order valence-electron chi connectivity index (χ1n) is 7.76. The van der Waals surface area contributed by atoms with Gasteiger partial charge in [0.25, 0.3) is 0 Å². The molecule has 0 aliphatic rings. The van der Waals surface area contributed by atoms with Crippen LogP contribution in [0.4, 0.5) is 0 Å². The lowest BCUT2D eigenvalue weighted by Gasteiger charge is -2.24. The van der Waals surface area contributed by atoms with Crippen molar-refractivity contribution in [3.63, 3.8) is 0 Å². The van der Waals surface area contributed by atoms with Crippen molar-refractivity contribution in [2.75, 3.05) is 0 Å². The normalized spacial score (nSPS) is 14.4. The molecule has 0 heterocycles. The highest BCUT2D eigenvalue weighted by Crippen LogP contribution is 2.32. The van der Waals surface area contributed by atoms with E-state index in [2.05, 4.69) is 51.1 Å². The second kappa shape index (κ2) is 9.19. The van der Waals surface area contributed by atoms with Crippen LogP contribution in [0.3, 0.4) is 0 Å². The van der Waals surface area contributed by atoms with Crippen molar-refractivity contribution in [3.8, 4) is 0 Å². The summed E-state index contributed by atoms with van der Waals surface area (Å²) in [6, 6.07) is 12.0. The topological polar surface area (TPSA) is 0 Å². The summed E-state index contributed by atoms with van der Waals surface area (Å²) in [5.74, 6) is 1.50. The molecule has 1 aromatic carbocycles. The molecule has 1 rings (SSSR count). The van der Waals surface area contributed by atoms with Gasteiger partial charge in [0.2, 0.25) is 0 Å². The average molecular weight is 245 g/mol. The quantitative estimate of drug-likeness (QED) is 0.470. The lowest BCUT2D eigenvalue weighted by molar-refractivity contribution is 0.390. The van der Waals surface area contributed by atoms with Gasteiger partial charge in [0.05, 0.1) is 0 Å². The molecule has 101 valence electrons. The van der Waals surface area contributed by atoms with Gasteiger partial charge in [0.15, 0.2) is 0 Å². The Kier molecular flexibility index (Phi) is 7.80. The van der Waals surface area contributed by atoms with Crippen LogP contribution in [0.1, 0.15) is 77.2 Å². The Morgan fingerprint density at radius 1 is 1.00 bits per heavy atom. The highest BCUT2D eigenvalue weighted by molar-refractivity contribution is 5.18. The van der Waals surface area contributed by atoms with Gasteiger partial charge in [-0.3, -0.25) is 0 Å². The molecule has 0 aromatic heterocycles. The van der Waals surface area contributed by atoms with Crippen LogP contribution < -0.4 is 0 Å². The van der Waals surface area contributed by atoms with Gasteiger partial charge in [-0.1, -0.05) is 83.6 Å². The minimum atomic E-state index is 0.711. The Bertz CT molecular complexity index is 288. The highest BCUT2D eigenvalue weighted by Gasteiger charge is 2.18. The first-order chi connectivity index (χ1) is 8.79. The van der Waals surface area contributed by atoms with E-state index < -0.39 is 0 Å². The third-order valence-electron chi connectivity index (χ3n) is 3.93. The van der Waals surface area contributed by atoms with Gasteiger partial charge in [-0.2, -0.15) is 0 Å². The third kappa shape index (κ3) is 5.25. The van der Waals surface area contributed by atoms with Crippen LogP contribution in [0.2, 0.25) is 0 Å². The zero-order valence-corrected chi connectivity index (χ0v) is 12.4. The standard InChI is InChI=1S/C18H29/c1-4-6-7-11-15-18(16(3)12-5-2)17-13-9-8-10-14-17/h8-10,13,16,18H,4-7,11-12,15H2,1-3H3. The molecule has 0 N–H and O–H groups in total. The second-order valence-corrected chi connectivity index (χ2v) is 5.54. The Morgan fingerprint density at radius 2 is 1.83 bits per heavy atom. The number of unbranched alkanes of at least 4 members (excludes halogenated alkanes) is 3. The maximum Gasteiger partial charge on any atom is -0.0130 e.